The van der Waals surface area contributed by atoms with Crippen LogP contribution in [0.4, 0.5) is 4.39 Å². The van der Waals surface area contributed by atoms with Gasteiger partial charge in [-0.1, -0.05) is 12.1 Å². The van der Waals surface area contributed by atoms with Crippen molar-refractivity contribution in [3.63, 3.8) is 0 Å². The summed E-state index contributed by atoms with van der Waals surface area (Å²) in [7, 11) is 1.71. The fourth-order valence-electron chi connectivity index (χ4n) is 3.93. The summed E-state index contributed by atoms with van der Waals surface area (Å²) in [5.41, 5.74) is 4.50. The zero-order chi connectivity index (χ0) is 23.7. The van der Waals surface area contributed by atoms with Gasteiger partial charge in [0.05, 0.1) is 35.1 Å². The maximum absolute atomic E-state index is 13.3. The third kappa shape index (κ3) is 4.20. The highest BCUT2D eigenvalue weighted by atomic mass is 19.1. The number of benzene rings is 2. The van der Waals surface area contributed by atoms with Crippen LogP contribution < -0.4 is 4.74 Å². The number of halogens is 1. The summed E-state index contributed by atoms with van der Waals surface area (Å²) in [6.07, 6.45) is 5.24. The van der Waals surface area contributed by atoms with Crippen molar-refractivity contribution in [3.05, 3.63) is 77.2 Å². The number of rotatable bonds is 7. The Kier molecular flexibility index (Phi) is 5.68. The summed E-state index contributed by atoms with van der Waals surface area (Å²) >= 11 is 0. The minimum atomic E-state index is -0.682. The SMILES string of the molecule is CN(Cc1cnc(CF)c2cn[nH]c12)C(=O)c1ccc(-c2cccc(C#N)c2)c(OC2CC2)c1. The van der Waals surface area contributed by atoms with E-state index in [1.165, 1.54) is 0 Å². The number of hydrogen-bond acceptors (Lipinski definition) is 5. The molecule has 170 valence electrons. The number of aromatic nitrogens is 3. The predicted octanol–water partition coefficient (Wildman–Crippen LogP) is 4.78. The summed E-state index contributed by atoms with van der Waals surface area (Å²) in [5.74, 6) is 0.446. The lowest BCUT2D eigenvalue weighted by Crippen LogP contribution is -2.26. The fraction of sp³-hybridized carbons (Fsp3) is 0.231. The Morgan fingerprint density at radius 1 is 1.26 bits per heavy atom. The zero-order valence-electron chi connectivity index (χ0n) is 18.6. The number of nitriles is 1. The Hall–Kier alpha value is -4.25. The van der Waals surface area contributed by atoms with Crippen molar-refractivity contribution in [1.29, 1.82) is 5.26 Å². The van der Waals surface area contributed by atoms with Gasteiger partial charge in [0, 0.05) is 41.9 Å². The average Bonchev–Trinajstić information content (AvgIpc) is 3.54. The number of alkyl halides is 1. The number of nitrogens with one attached hydrogen (secondary N) is 1. The predicted molar refractivity (Wildman–Crippen MR) is 125 cm³/mol. The Morgan fingerprint density at radius 2 is 2.12 bits per heavy atom. The molecule has 0 aliphatic heterocycles. The second kappa shape index (κ2) is 8.94. The third-order valence-corrected chi connectivity index (χ3v) is 5.88. The van der Waals surface area contributed by atoms with Gasteiger partial charge in [0.1, 0.15) is 12.4 Å². The van der Waals surface area contributed by atoms with Gasteiger partial charge in [0.25, 0.3) is 5.91 Å². The molecule has 0 saturated heterocycles. The van der Waals surface area contributed by atoms with Crippen molar-refractivity contribution in [1.82, 2.24) is 20.1 Å². The summed E-state index contributed by atoms with van der Waals surface area (Å²) in [6.45, 7) is -0.402. The molecule has 34 heavy (non-hydrogen) atoms. The number of ether oxygens (including phenoxy) is 1. The normalized spacial score (nSPS) is 13.0. The molecule has 0 spiro atoms. The molecule has 5 rings (SSSR count). The molecule has 1 fully saturated rings. The highest BCUT2D eigenvalue weighted by molar-refractivity contribution is 5.96. The lowest BCUT2D eigenvalue weighted by molar-refractivity contribution is 0.0785. The maximum atomic E-state index is 13.3. The first-order valence-corrected chi connectivity index (χ1v) is 11.0. The number of amides is 1. The third-order valence-electron chi connectivity index (χ3n) is 5.88. The van der Waals surface area contributed by atoms with Gasteiger partial charge in [-0.3, -0.25) is 14.9 Å². The van der Waals surface area contributed by atoms with Crippen LogP contribution >= 0.6 is 0 Å². The average molecular weight is 455 g/mol. The molecule has 1 amide bonds. The Labute approximate surface area is 195 Å². The van der Waals surface area contributed by atoms with E-state index < -0.39 is 6.67 Å². The van der Waals surface area contributed by atoms with Gasteiger partial charge in [0.2, 0.25) is 0 Å². The van der Waals surface area contributed by atoms with Gasteiger partial charge in [-0.25, -0.2) is 4.39 Å². The van der Waals surface area contributed by atoms with Gasteiger partial charge in [-0.15, -0.1) is 0 Å². The standard InChI is InChI=1S/C26H22FN5O2/c1-32(15-19-13-29-23(11-27)22-14-30-31-25(19)22)26(33)18-5-8-21(24(10-18)34-20-6-7-20)17-4-2-3-16(9-17)12-28/h2-5,8-10,13-14,20H,6-7,11,15H2,1H3,(H,30,31). The number of aromatic amines is 1. The second-order valence-electron chi connectivity index (χ2n) is 8.40. The minimum Gasteiger partial charge on any atom is -0.490 e. The van der Waals surface area contributed by atoms with Crippen molar-refractivity contribution >= 4 is 16.8 Å². The van der Waals surface area contributed by atoms with Crippen LogP contribution in [-0.4, -0.2) is 39.1 Å². The number of carbonyl (C=O) groups excluding carboxylic acids is 1. The number of fused-ring (bicyclic) bond motifs is 1. The smallest absolute Gasteiger partial charge is 0.254 e. The molecular formula is C26H22FN5O2. The quantitative estimate of drug-likeness (QED) is 0.433. The second-order valence-corrected chi connectivity index (χ2v) is 8.40. The van der Waals surface area contributed by atoms with Crippen LogP contribution in [0.2, 0.25) is 0 Å². The largest absolute Gasteiger partial charge is 0.490 e. The van der Waals surface area contributed by atoms with Crippen LogP contribution in [-0.2, 0) is 13.2 Å². The molecule has 0 atom stereocenters. The van der Waals surface area contributed by atoms with E-state index in [0.717, 1.165) is 29.5 Å². The molecule has 0 bridgehead atoms. The van der Waals surface area contributed by atoms with E-state index >= 15 is 0 Å². The molecule has 2 aromatic carbocycles. The Morgan fingerprint density at radius 3 is 2.88 bits per heavy atom. The van der Waals surface area contributed by atoms with E-state index in [4.69, 9.17) is 4.74 Å². The van der Waals surface area contributed by atoms with Crippen LogP contribution in [0, 0.1) is 11.3 Å². The number of H-pyrrole nitrogens is 1. The molecule has 0 unspecified atom stereocenters. The highest BCUT2D eigenvalue weighted by Crippen LogP contribution is 2.36. The molecule has 1 saturated carbocycles. The lowest BCUT2D eigenvalue weighted by Gasteiger charge is -2.19. The van der Waals surface area contributed by atoms with Crippen LogP contribution in [0.25, 0.3) is 22.0 Å². The molecule has 0 radical (unpaired) electrons. The van der Waals surface area contributed by atoms with E-state index in [0.29, 0.717) is 33.5 Å². The number of nitrogens with zero attached hydrogens (tertiary/aromatic N) is 4. The zero-order valence-corrected chi connectivity index (χ0v) is 18.6. The molecule has 2 heterocycles. The first kappa shape index (κ1) is 21.6. The number of carbonyl (C=O) groups is 1. The first-order chi connectivity index (χ1) is 16.6. The summed E-state index contributed by atoms with van der Waals surface area (Å²) < 4.78 is 19.3. The van der Waals surface area contributed by atoms with Crippen LogP contribution in [0.15, 0.2) is 54.9 Å². The van der Waals surface area contributed by atoms with Crippen molar-refractivity contribution < 1.29 is 13.9 Å². The molecule has 1 aliphatic carbocycles. The van der Waals surface area contributed by atoms with Crippen molar-refractivity contribution in [2.45, 2.75) is 32.2 Å². The van der Waals surface area contributed by atoms with Crippen molar-refractivity contribution in [2.75, 3.05) is 7.05 Å². The van der Waals surface area contributed by atoms with Crippen molar-refractivity contribution in [2.24, 2.45) is 0 Å². The van der Waals surface area contributed by atoms with E-state index in [2.05, 4.69) is 21.3 Å². The Balaban J connectivity index is 1.43. The maximum Gasteiger partial charge on any atom is 0.254 e. The van der Waals surface area contributed by atoms with Gasteiger partial charge < -0.3 is 9.64 Å². The number of pyridine rings is 1. The molecule has 1 N–H and O–H groups in total. The molecule has 1 aliphatic rings. The topological polar surface area (TPSA) is 94.9 Å². The summed E-state index contributed by atoms with van der Waals surface area (Å²) in [5, 5.41) is 16.8. The van der Waals surface area contributed by atoms with Crippen LogP contribution in [0.5, 0.6) is 5.75 Å². The van der Waals surface area contributed by atoms with Crippen LogP contribution in [0.3, 0.4) is 0 Å². The lowest BCUT2D eigenvalue weighted by atomic mass is 10.0. The molecule has 8 heteroatoms. The van der Waals surface area contributed by atoms with Crippen molar-refractivity contribution in [3.8, 4) is 22.9 Å². The van der Waals surface area contributed by atoms with Crippen LogP contribution in [0.1, 0.15) is 40.0 Å². The summed E-state index contributed by atoms with van der Waals surface area (Å²) in [6, 6.07) is 14.9. The molecular weight excluding hydrogens is 433 g/mol. The van der Waals surface area contributed by atoms with Gasteiger partial charge in [0.15, 0.2) is 0 Å². The van der Waals surface area contributed by atoms with E-state index in [1.54, 1.807) is 42.5 Å². The fourth-order valence-corrected chi connectivity index (χ4v) is 3.93. The summed E-state index contributed by atoms with van der Waals surface area (Å²) in [4.78, 5) is 19.0. The monoisotopic (exact) mass is 455 g/mol. The van der Waals surface area contributed by atoms with Gasteiger partial charge >= 0.3 is 0 Å². The van der Waals surface area contributed by atoms with E-state index in [9.17, 15) is 14.4 Å². The molecule has 4 aromatic rings. The number of hydrogen-bond donors (Lipinski definition) is 1. The van der Waals surface area contributed by atoms with E-state index in [-0.39, 0.29) is 18.6 Å². The molecule has 7 nitrogen and oxygen atoms in total. The van der Waals surface area contributed by atoms with Gasteiger partial charge in [-0.2, -0.15) is 10.4 Å². The van der Waals surface area contributed by atoms with E-state index in [1.807, 2.05) is 24.3 Å². The van der Waals surface area contributed by atoms with Gasteiger partial charge in [-0.05, 0) is 48.7 Å². The highest BCUT2D eigenvalue weighted by Gasteiger charge is 2.26. The first-order valence-electron chi connectivity index (χ1n) is 11.0. The molecule has 2 aromatic heterocycles. The minimum absolute atomic E-state index is 0.148. The Bertz CT molecular complexity index is 1420.